The summed E-state index contributed by atoms with van der Waals surface area (Å²) in [5.41, 5.74) is -0.641. The van der Waals surface area contributed by atoms with Gasteiger partial charge in [-0.2, -0.15) is 8.78 Å². The molecule has 0 saturated carbocycles. The highest BCUT2D eigenvalue weighted by Gasteiger charge is 2.19. The van der Waals surface area contributed by atoms with Gasteiger partial charge in [0, 0.05) is 6.20 Å². The van der Waals surface area contributed by atoms with Gasteiger partial charge in [0.1, 0.15) is 0 Å². The molecule has 0 amide bonds. The fourth-order valence-corrected chi connectivity index (χ4v) is 0.969. The van der Waals surface area contributed by atoms with Gasteiger partial charge in [0.05, 0.1) is 5.02 Å². The Labute approximate surface area is 82.1 Å². The second-order valence-corrected chi connectivity index (χ2v) is 2.56. The first-order chi connectivity index (χ1) is 6.52. The molecule has 1 N–H and O–H groups in total. The first-order valence-electron chi connectivity index (χ1n) is 3.35. The first kappa shape index (κ1) is 10.6. The number of nitrogens with zero attached hydrogens (tertiary/aromatic N) is 1. The molecule has 0 aliphatic heterocycles. The van der Waals surface area contributed by atoms with E-state index in [2.05, 4.69) is 9.72 Å². The Kier molecular flexibility index (Phi) is 3.19. The summed E-state index contributed by atoms with van der Waals surface area (Å²) in [4.78, 5) is 13.9. The third kappa shape index (κ3) is 2.29. The van der Waals surface area contributed by atoms with E-state index in [0.29, 0.717) is 0 Å². The Balaban J connectivity index is 3.15. The molecule has 0 saturated heterocycles. The van der Waals surface area contributed by atoms with Gasteiger partial charge in [-0.3, -0.25) is 0 Å². The predicted octanol–water partition coefficient (Wildman–Crippen LogP) is 2.03. The fourth-order valence-electron chi connectivity index (χ4n) is 0.778. The quantitative estimate of drug-likeness (QED) is 0.852. The standard InChI is InChI=1S/C7H4ClF2NO3/c8-3-1-2-11-4(6(12)13)5(3)14-7(9)10/h1-2,7H,(H,12,13). The Morgan fingerprint density at radius 3 is 2.79 bits per heavy atom. The molecule has 0 unspecified atom stereocenters. The van der Waals surface area contributed by atoms with Crippen molar-refractivity contribution in [2.45, 2.75) is 6.61 Å². The Hall–Kier alpha value is -1.43. The third-order valence-electron chi connectivity index (χ3n) is 1.27. The molecule has 0 aliphatic carbocycles. The van der Waals surface area contributed by atoms with Crippen molar-refractivity contribution in [2.24, 2.45) is 0 Å². The molecule has 4 nitrogen and oxygen atoms in total. The zero-order chi connectivity index (χ0) is 10.7. The summed E-state index contributed by atoms with van der Waals surface area (Å²) in [7, 11) is 0. The number of alkyl halides is 2. The average Bonchev–Trinajstić information content (AvgIpc) is 2.07. The zero-order valence-electron chi connectivity index (χ0n) is 6.58. The summed E-state index contributed by atoms with van der Waals surface area (Å²) >= 11 is 5.46. The average molecular weight is 224 g/mol. The van der Waals surface area contributed by atoms with Crippen LogP contribution in [0.1, 0.15) is 10.5 Å². The summed E-state index contributed by atoms with van der Waals surface area (Å²) in [6.45, 7) is -3.14. The number of ether oxygens (including phenoxy) is 1. The van der Waals surface area contributed by atoms with Gasteiger partial charge in [0.25, 0.3) is 0 Å². The van der Waals surface area contributed by atoms with E-state index in [0.717, 1.165) is 12.3 Å². The lowest BCUT2D eigenvalue weighted by Gasteiger charge is -2.07. The van der Waals surface area contributed by atoms with Crippen LogP contribution in [0.4, 0.5) is 8.78 Å². The lowest BCUT2D eigenvalue weighted by molar-refractivity contribution is -0.0505. The highest BCUT2D eigenvalue weighted by atomic mass is 35.5. The molecular weight excluding hydrogens is 220 g/mol. The molecule has 0 radical (unpaired) electrons. The van der Waals surface area contributed by atoms with E-state index in [1.54, 1.807) is 0 Å². The molecule has 76 valence electrons. The van der Waals surface area contributed by atoms with Crippen molar-refractivity contribution in [3.63, 3.8) is 0 Å². The van der Waals surface area contributed by atoms with E-state index >= 15 is 0 Å². The van der Waals surface area contributed by atoms with Crippen LogP contribution >= 0.6 is 11.6 Å². The van der Waals surface area contributed by atoms with Crippen molar-refractivity contribution in [2.75, 3.05) is 0 Å². The number of halogens is 3. The number of carboxylic acids is 1. The van der Waals surface area contributed by atoms with Crippen molar-refractivity contribution in [3.8, 4) is 5.75 Å². The molecule has 0 atom stereocenters. The number of hydrogen-bond donors (Lipinski definition) is 1. The molecule has 0 aromatic carbocycles. The van der Waals surface area contributed by atoms with E-state index in [4.69, 9.17) is 16.7 Å². The molecule has 0 spiro atoms. The minimum atomic E-state index is -3.14. The van der Waals surface area contributed by atoms with Gasteiger partial charge < -0.3 is 9.84 Å². The maximum Gasteiger partial charge on any atom is 0.387 e. The van der Waals surface area contributed by atoms with Gasteiger partial charge in [0.2, 0.25) is 0 Å². The Morgan fingerprint density at radius 2 is 2.29 bits per heavy atom. The smallest absolute Gasteiger partial charge is 0.387 e. The van der Waals surface area contributed by atoms with Crippen molar-refractivity contribution in [3.05, 3.63) is 23.0 Å². The number of aromatic nitrogens is 1. The van der Waals surface area contributed by atoms with Crippen LogP contribution in [0.3, 0.4) is 0 Å². The topological polar surface area (TPSA) is 59.4 Å². The number of carboxylic acid groups (broad SMARTS) is 1. The zero-order valence-corrected chi connectivity index (χ0v) is 7.33. The van der Waals surface area contributed by atoms with Crippen LogP contribution in [0.15, 0.2) is 12.3 Å². The molecule has 0 bridgehead atoms. The molecule has 7 heteroatoms. The monoisotopic (exact) mass is 223 g/mol. The van der Waals surface area contributed by atoms with Crippen LogP contribution in [0, 0.1) is 0 Å². The minimum absolute atomic E-state index is 0.224. The minimum Gasteiger partial charge on any atom is -0.476 e. The summed E-state index contributed by atoms with van der Waals surface area (Å²) < 4.78 is 27.6. The summed E-state index contributed by atoms with van der Waals surface area (Å²) in [6, 6.07) is 1.16. The van der Waals surface area contributed by atoms with Gasteiger partial charge in [-0.15, -0.1) is 0 Å². The largest absolute Gasteiger partial charge is 0.476 e. The maximum absolute atomic E-state index is 11.8. The molecule has 14 heavy (non-hydrogen) atoms. The fraction of sp³-hybridized carbons (Fsp3) is 0.143. The van der Waals surface area contributed by atoms with Gasteiger partial charge in [-0.1, -0.05) is 11.6 Å². The van der Waals surface area contributed by atoms with E-state index in [1.165, 1.54) is 0 Å². The van der Waals surface area contributed by atoms with Crippen molar-refractivity contribution in [1.82, 2.24) is 4.98 Å². The number of carbonyl (C=O) groups is 1. The molecule has 1 rings (SSSR count). The second kappa shape index (κ2) is 4.19. The summed E-state index contributed by atoms with van der Waals surface area (Å²) in [5, 5.41) is 8.33. The molecule has 1 heterocycles. The number of aromatic carboxylic acids is 1. The Bertz CT molecular complexity index is 359. The first-order valence-corrected chi connectivity index (χ1v) is 3.72. The number of pyridine rings is 1. The van der Waals surface area contributed by atoms with E-state index < -0.39 is 24.0 Å². The summed E-state index contributed by atoms with van der Waals surface area (Å²) in [5.74, 6) is -2.11. The maximum atomic E-state index is 11.8. The van der Waals surface area contributed by atoms with Crippen molar-refractivity contribution >= 4 is 17.6 Å². The lowest BCUT2D eigenvalue weighted by atomic mass is 10.3. The van der Waals surface area contributed by atoms with Crippen molar-refractivity contribution in [1.29, 1.82) is 0 Å². The van der Waals surface area contributed by atoms with Crippen LogP contribution in [-0.4, -0.2) is 22.7 Å². The third-order valence-corrected chi connectivity index (χ3v) is 1.56. The van der Waals surface area contributed by atoms with Gasteiger partial charge >= 0.3 is 12.6 Å². The molecule has 0 aliphatic rings. The van der Waals surface area contributed by atoms with Crippen LogP contribution in [0.5, 0.6) is 5.75 Å². The van der Waals surface area contributed by atoms with E-state index in [1.807, 2.05) is 0 Å². The molecule has 1 aromatic heterocycles. The molecule has 1 aromatic rings. The van der Waals surface area contributed by atoms with Gasteiger partial charge in [0.15, 0.2) is 11.4 Å². The summed E-state index contributed by atoms with van der Waals surface area (Å²) in [6.07, 6.45) is 1.09. The normalized spacial score (nSPS) is 10.3. The highest BCUT2D eigenvalue weighted by molar-refractivity contribution is 6.32. The van der Waals surface area contributed by atoms with Gasteiger partial charge in [-0.05, 0) is 6.07 Å². The van der Waals surface area contributed by atoms with E-state index in [-0.39, 0.29) is 5.02 Å². The SMILES string of the molecule is O=C(O)c1nccc(Cl)c1OC(F)F. The van der Waals surface area contributed by atoms with Crippen LogP contribution in [-0.2, 0) is 0 Å². The molecule has 0 fully saturated rings. The van der Waals surface area contributed by atoms with Crippen molar-refractivity contribution < 1.29 is 23.4 Å². The predicted molar refractivity (Wildman–Crippen MR) is 42.8 cm³/mol. The Morgan fingerprint density at radius 1 is 1.64 bits per heavy atom. The second-order valence-electron chi connectivity index (χ2n) is 2.15. The van der Waals surface area contributed by atoms with Crippen LogP contribution < -0.4 is 4.74 Å². The lowest BCUT2D eigenvalue weighted by Crippen LogP contribution is -2.09. The van der Waals surface area contributed by atoms with Gasteiger partial charge in [-0.25, -0.2) is 9.78 Å². The molecular formula is C7H4ClF2NO3. The highest BCUT2D eigenvalue weighted by Crippen LogP contribution is 2.28. The van der Waals surface area contributed by atoms with Crippen LogP contribution in [0.2, 0.25) is 5.02 Å². The number of hydrogen-bond acceptors (Lipinski definition) is 3. The van der Waals surface area contributed by atoms with Crippen LogP contribution in [0.25, 0.3) is 0 Å². The number of rotatable bonds is 3. The van der Waals surface area contributed by atoms with E-state index in [9.17, 15) is 13.6 Å².